The van der Waals surface area contributed by atoms with Crippen molar-refractivity contribution in [3.05, 3.63) is 15.9 Å². The monoisotopic (exact) mass is 262 g/mol. The van der Waals surface area contributed by atoms with Crippen molar-refractivity contribution < 1.29 is 4.79 Å². The van der Waals surface area contributed by atoms with E-state index in [1.165, 1.54) is 11.3 Å². The van der Waals surface area contributed by atoms with Crippen LogP contribution in [-0.4, -0.2) is 12.5 Å². The van der Waals surface area contributed by atoms with E-state index in [9.17, 15) is 4.79 Å². The van der Waals surface area contributed by atoms with E-state index in [2.05, 4.69) is 21.2 Å². The average Bonchev–Trinajstić information content (AvgIpc) is 2.48. The first kappa shape index (κ1) is 10.7. The van der Waals surface area contributed by atoms with Crippen molar-refractivity contribution in [3.63, 3.8) is 0 Å². The van der Waals surface area contributed by atoms with Crippen LogP contribution in [0.1, 0.15) is 12.8 Å². The summed E-state index contributed by atoms with van der Waals surface area (Å²) in [5.41, 5.74) is 5.29. The number of hydrogen-bond acceptors (Lipinski definition) is 3. The van der Waals surface area contributed by atoms with Crippen molar-refractivity contribution in [1.29, 1.82) is 0 Å². The average molecular weight is 263 g/mol. The molecule has 72 valence electrons. The number of amides is 1. The van der Waals surface area contributed by atoms with E-state index in [0.717, 1.165) is 15.2 Å². The molecule has 0 saturated heterocycles. The maximum Gasteiger partial charge on any atom is 0.225 e. The Kier molecular flexibility index (Phi) is 4.41. The zero-order chi connectivity index (χ0) is 9.68. The minimum Gasteiger partial charge on any atom is -0.330 e. The van der Waals surface area contributed by atoms with Crippen molar-refractivity contribution in [2.45, 2.75) is 12.8 Å². The topological polar surface area (TPSA) is 55.1 Å². The van der Waals surface area contributed by atoms with Gasteiger partial charge in [0.15, 0.2) is 0 Å². The number of hydrogen-bond donors (Lipinski definition) is 2. The molecule has 0 aliphatic carbocycles. The fraction of sp³-hybridized carbons (Fsp3) is 0.375. The van der Waals surface area contributed by atoms with Gasteiger partial charge in [-0.2, -0.15) is 0 Å². The van der Waals surface area contributed by atoms with Crippen LogP contribution in [0.25, 0.3) is 0 Å². The number of halogens is 1. The first-order valence-corrected chi connectivity index (χ1v) is 5.58. The van der Waals surface area contributed by atoms with Crippen LogP contribution in [0.2, 0.25) is 0 Å². The van der Waals surface area contributed by atoms with Gasteiger partial charge in [-0.25, -0.2) is 0 Å². The number of carbonyl (C=O) groups excluding carboxylic acids is 1. The molecule has 0 spiro atoms. The van der Waals surface area contributed by atoms with Crippen LogP contribution in [-0.2, 0) is 4.79 Å². The Morgan fingerprint density at radius 1 is 1.62 bits per heavy atom. The molecule has 0 bridgehead atoms. The van der Waals surface area contributed by atoms with Crippen LogP contribution in [0.15, 0.2) is 15.9 Å². The minimum atomic E-state index is 0.0276. The SMILES string of the molecule is NCCCC(=O)Nc1ccc(Br)s1. The lowest BCUT2D eigenvalue weighted by atomic mass is 10.3. The molecule has 0 unspecified atom stereocenters. The van der Waals surface area contributed by atoms with E-state index < -0.39 is 0 Å². The molecule has 1 amide bonds. The highest BCUT2D eigenvalue weighted by atomic mass is 79.9. The van der Waals surface area contributed by atoms with E-state index in [1.807, 2.05) is 12.1 Å². The van der Waals surface area contributed by atoms with Gasteiger partial charge in [0.05, 0.1) is 8.79 Å². The van der Waals surface area contributed by atoms with E-state index in [4.69, 9.17) is 5.73 Å². The normalized spacial score (nSPS) is 10.0. The first-order chi connectivity index (χ1) is 6.22. The molecule has 0 radical (unpaired) electrons. The van der Waals surface area contributed by atoms with Crippen molar-refractivity contribution in [1.82, 2.24) is 0 Å². The summed E-state index contributed by atoms with van der Waals surface area (Å²) in [6.45, 7) is 0.557. The lowest BCUT2D eigenvalue weighted by molar-refractivity contribution is -0.116. The van der Waals surface area contributed by atoms with Gasteiger partial charge in [-0.15, -0.1) is 11.3 Å². The Labute approximate surface area is 89.5 Å². The molecular formula is C8H11BrN2OS. The Balaban J connectivity index is 2.36. The fourth-order valence-corrected chi connectivity index (χ4v) is 2.15. The summed E-state index contributed by atoms with van der Waals surface area (Å²) < 4.78 is 1.02. The van der Waals surface area contributed by atoms with Crippen molar-refractivity contribution in [2.24, 2.45) is 5.73 Å². The maximum atomic E-state index is 11.2. The standard InChI is InChI=1S/C8H11BrN2OS/c9-6-3-4-8(13-6)11-7(12)2-1-5-10/h3-4H,1-2,5,10H2,(H,11,12). The summed E-state index contributed by atoms with van der Waals surface area (Å²) in [5.74, 6) is 0.0276. The zero-order valence-corrected chi connectivity index (χ0v) is 9.45. The van der Waals surface area contributed by atoms with Crippen LogP contribution >= 0.6 is 27.3 Å². The highest BCUT2D eigenvalue weighted by Crippen LogP contribution is 2.26. The Bertz CT molecular complexity index is 287. The third kappa shape index (κ3) is 3.89. The molecule has 0 aromatic carbocycles. The van der Waals surface area contributed by atoms with E-state index in [0.29, 0.717) is 13.0 Å². The number of carbonyl (C=O) groups is 1. The van der Waals surface area contributed by atoms with Crippen molar-refractivity contribution in [3.8, 4) is 0 Å². The minimum absolute atomic E-state index is 0.0276. The fourth-order valence-electron chi connectivity index (χ4n) is 0.844. The van der Waals surface area contributed by atoms with Gasteiger partial charge in [0, 0.05) is 6.42 Å². The second kappa shape index (κ2) is 5.36. The van der Waals surface area contributed by atoms with Gasteiger partial charge in [-0.3, -0.25) is 4.79 Å². The third-order valence-electron chi connectivity index (χ3n) is 1.44. The molecule has 0 aliphatic heterocycles. The lowest BCUT2D eigenvalue weighted by Gasteiger charge is -1.99. The predicted molar refractivity (Wildman–Crippen MR) is 58.9 cm³/mol. The molecule has 1 heterocycles. The molecule has 3 N–H and O–H groups in total. The summed E-state index contributed by atoms with van der Waals surface area (Å²) in [4.78, 5) is 11.2. The molecule has 13 heavy (non-hydrogen) atoms. The number of rotatable bonds is 4. The van der Waals surface area contributed by atoms with Crippen LogP contribution in [0.3, 0.4) is 0 Å². The molecule has 0 fully saturated rings. The number of nitrogens with two attached hydrogens (primary N) is 1. The highest BCUT2D eigenvalue weighted by molar-refractivity contribution is 9.11. The smallest absolute Gasteiger partial charge is 0.225 e. The van der Waals surface area contributed by atoms with Gasteiger partial charge in [-0.05, 0) is 41.0 Å². The largest absolute Gasteiger partial charge is 0.330 e. The van der Waals surface area contributed by atoms with Gasteiger partial charge < -0.3 is 11.1 Å². The Morgan fingerprint density at radius 2 is 2.38 bits per heavy atom. The molecule has 0 aliphatic rings. The summed E-state index contributed by atoms with van der Waals surface area (Å²) in [6, 6.07) is 3.78. The van der Waals surface area contributed by atoms with Crippen molar-refractivity contribution >= 4 is 38.2 Å². The zero-order valence-electron chi connectivity index (χ0n) is 7.05. The first-order valence-electron chi connectivity index (χ1n) is 3.97. The molecule has 0 atom stereocenters. The van der Waals surface area contributed by atoms with Crippen molar-refractivity contribution in [2.75, 3.05) is 11.9 Å². The van der Waals surface area contributed by atoms with Crippen LogP contribution in [0, 0.1) is 0 Å². The van der Waals surface area contributed by atoms with Gasteiger partial charge in [0.25, 0.3) is 0 Å². The van der Waals surface area contributed by atoms with Gasteiger partial charge in [0.1, 0.15) is 0 Å². The molecule has 3 nitrogen and oxygen atoms in total. The second-order valence-corrected chi connectivity index (χ2v) is 5.01. The summed E-state index contributed by atoms with van der Waals surface area (Å²) in [7, 11) is 0. The quantitative estimate of drug-likeness (QED) is 0.874. The highest BCUT2D eigenvalue weighted by Gasteiger charge is 2.02. The van der Waals surface area contributed by atoms with Crippen LogP contribution in [0.4, 0.5) is 5.00 Å². The van der Waals surface area contributed by atoms with Gasteiger partial charge in [-0.1, -0.05) is 0 Å². The summed E-state index contributed by atoms with van der Waals surface area (Å²) >= 11 is 4.82. The second-order valence-electron chi connectivity index (χ2n) is 2.54. The van der Waals surface area contributed by atoms with E-state index >= 15 is 0 Å². The molecule has 1 aromatic rings. The summed E-state index contributed by atoms with van der Waals surface area (Å²) in [6.07, 6.45) is 1.23. The number of nitrogens with one attached hydrogen (secondary N) is 1. The maximum absolute atomic E-state index is 11.2. The van der Waals surface area contributed by atoms with E-state index in [1.54, 1.807) is 0 Å². The number of thiophene rings is 1. The Morgan fingerprint density at radius 3 is 2.92 bits per heavy atom. The predicted octanol–water partition coefficient (Wildman–Crippen LogP) is 2.19. The molecule has 1 aromatic heterocycles. The number of anilines is 1. The van der Waals surface area contributed by atoms with Gasteiger partial charge in [0.2, 0.25) is 5.91 Å². The summed E-state index contributed by atoms with van der Waals surface area (Å²) in [5, 5.41) is 3.66. The third-order valence-corrected chi connectivity index (χ3v) is 2.98. The molecule has 0 saturated carbocycles. The van der Waals surface area contributed by atoms with Crippen LogP contribution in [0.5, 0.6) is 0 Å². The van der Waals surface area contributed by atoms with E-state index in [-0.39, 0.29) is 5.91 Å². The van der Waals surface area contributed by atoms with Gasteiger partial charge >= 0.3 is 0 Å². The van der Waals surface area contributed by atoms with Crippen LogP contribution < -0.4 is 11.1 Å². The Hall–Kier alpha value is -0.390. The molecular weight excluding hydrogens is 252 g/mol. The molecule has 1 rings (SSSR count). The molecule has 5 heteroatoms. The lowest BCUT2D eigenvalue weighted by Crippen LogP contribution is -2.12.